The largest absolute Gasteiger partial charge is 0.497 e. The van der Waals surface area contributed by atoms with Crippen molar-refractivity contribution in [1.82, 2.24) is 20.2 Å². The number of fused-ring (bicyclic) bond motifs is 1. The Bertz CT molecular complexity index is 1450. The molecule has 2 aliphatic heterocycles. The third-order valence-electron chi connectivity index (χ3n) is 8.09. The summed E-state index contributed by atoms with van der Waals surface area (Å²) >= 11 is 6.50. The molecule has 0 radical (unpaired) electrons. The van der Waals surface area contributed by atoms with E-state index < -0.39 is 5.54 Å². The number of nitrogens with one attached hydrogen (secondary N) is 2. The van der Waals surface area contributed by atoms with Gasteiger partial charge in [0, 0.05) is 36.9 Å². The molecular weight excluding hydrogens is 530 g/mol. The van der Waals surface area contributed by atoms with Crippen molar-refractivity contribution in [2.75, 3.05) is 25.6 Å². The van der Waals surface area contributed by atoms with Crippen LogP contribution in [0.5, 0.6) is 5.75 Å². The Hall–Kier alpha value is -3.69. The van der Waals surface area contributed by atoms with Crippen molar-refractivity contribution in [3.05, 3.63) is 70.4 Å². The molecule has 2 amide bonds. The smallest absolute Gasteiger partial charge is 0.255 e. The molecule has 3 aromatic rings. The summed E-state index contributed by atoms with van der Waals surface area (Å²) in [5, 5.41) is 6.90. The first kappa shape index (κ1) is 26.5. The highest BCUT2D eigenvalue weighted by molar-refractivity contribution is 6.33. The monoisotopic (exact) mass is 561 g/mol. The van der Waals surface area contributed by atoms with E-state index in [4.69, 9.17) is 21.1 Å². The number of nitrogens with zero attached hydrogens (tertiary/aromatic N) is 3. The van der Waals surface area contributed by atoms with E-state index in [9.17, 15) is 9.59 Å². The average molecular weight is 562 g/mol. The van der Waals surface area contributed by atoms with Gasteiger partial charge < -0.3 is 25.0 Å². The molecule has 1 aliphatic carbocycles. The summed E-state index contributed by atoms with van der Waals surface area (Å²) in [7, 11) is 1.62. The molecule has 208 valence electrons. The molecule has 1 saturated heterocycles. The van der Waals surface area contributed by atoms with Crippen LogP contribution in [0.3, 0.4) is 0 Å². The fourth-order valence-corrected chi connectivity index (χ4v) is 5.72. The average Bonchev–Trinajstić information content (AvgIpc) is 3.72. The second-order valence-corrected chi connectivity index (χ2v) is 11.1. The van der Waals surface area contributed by atoms with Crippen LogP contribution in [0.1, 0.15) is 60.1 Å². The third kappa shape index (κ3) is 4.99. The Morgan fingerprint density at radius 1 is 1.20 bits per heavy atom. The van der Waals surface area contributed by atoms with Gasteiger partial charge in [0.2, 0.25) is 11.9 Å². The van der Waals surface area contributed by atoms with Crippen LogP contribution in [0.15, 0.2) is 48.7 Å². The molecule has 1 aromatic heterocycles. The van der Waals surface area contributed by atoms with E-state index >= 15 is 0 Å². The molecular formula is C30H32ClN5O4. The minimum Gasteiger partial charge on any atom is -0.497 e. The highest BCUT2D eigenvalue weighted by Crippen LogP contribution is 2.47. The highest BCUT2D eigenvalue weighted by Gasteiger charge is 2.58. The van der Waals surface area contributed by atoms with Gasteiger partial charge in [-0.05, 0) is 61.9 Å². The summed E-state index contributed by atoms with van der Waals surface area (Å²) in [6.07, 6.45) is 4.63. The van der Waals surface area contributed by atoms with Crippen molar-refractivity contribution >= 4 is 29.4 Å². The lowest BCUT2D eigenvalue weighted by Gasteiger charge is -2.28. The molecule has 1 atom stereocenters. The number of amides is 2. The number of anilines is 1. The van der Waals surface area contributed by atoms with Crippen LogP contribution in [-0.2, 0) is 16.1 Å². The van der Waals surface area contributed by atoms with Gasteiger partial charge >= 0.3 is 0 Å². The Labute approximate surface area is 238 Å². The third-order valence-corrected chi connectivity index (χ3v) is 8.37. The van der Waals surface area contributed by atoms with Gasteiger partial charge in [-0.1, -0.05) is 35.9 Å². The van der Waals surface area contributed by atoms with Crippen molar-refractivity contribution in [2.24, 2.45) is 0 Å². The lowest BCUT2D eigenvalue weighted by atomic mass is 10.0. The number of hydrogen-bond donors (Lipinski definition) is 2. The van der Waals surface area contributed by atoms with Gasteiger partial charge in [-0.3, -0.25) is 9.59 Å². The zero-order valence-corrected chi connectivity index (χ0v) is 23.3. The minimum atomic E-state index is -0.837. The zero-order chi connectivity index (χ0) is 27.9. The number of methoxy groups -OCH3 is 1. The van der Waals surface area contributed by atoms with E-state index in [2.05, 4.69) is 20.6 Å². The van der Waals surface area contributed by atoms with Crippen LogP contribution in [0.25, 0.3) is 11.3 Å². The van der Waals surface area contributed by atoms with Crippen molar-refractivity contribution in [1.29, 1.82) is 0 Å². The number of rotatable bonds is 8. The van der Waals surface area contributed by atoms with Crippen molar-refractivity contribution < 1.29 is 19.1 Å². The van der Waals surface area contributed by atoms with Crippen LogP contribution in [-0.4, -0.2) is 58.6 Å². The van der Waals surface area contributed by atoms with Gasteiger partial charge in [0.25, 0.3) is 5.91 Å². The fourth-order valence-electron chi connectivity index (χ4n) is 5.52. The van der Waals surface area contributed by atoms with E-state index in [1.807, 2.05) is 49.4 Å². The van der Waals surface area contributed by atoms with Crippen LogP contribution < -0.4 is 15.4 Å². The second kappa shape index (κ2) is 10.7. The van der Waals surface area contributed by atoms with Crippen LogP contribution in [0, 0.1) is 0 Å². The van der Waals surface area contributed by atoms with Crippen molar-refractivity contribution in [2.45, 2.75) is 56.8 Å². The molecule has 40 heavy (non-hydrogen) atoms. The quantitative estimate of drug-likeness (QED) is 0.408. The predicted octanol–water partition coefficient (Wildman–Crippen LogP) is 4.76. The maximum Gasteiger partial charge on any atom is 0.255 e. The Kier molecular flexibility index (Phi) is 7.10. The summed E-state index contributed by atoms with van der Waals surface area (Å²) in [4.78, 5) is 37.9. The van der Waals surface area contributed by atoms with Crippen LogP contribution in [0.4, 0.5) is 5.95 Å². The number of hydrogen-bond acceptors (Lipinski definition) is 7. The summed E-state index contributed by atoms with van der Waals surface area (Å²) in [5.74, 6) is 0.950. The molecule has 3 aliphatic rings. The van der Waals surface area contributed by atoms with Crippen LogP contribution in [0.2, 0.25) is 5.02 Å². The second-order valence-electron chi connectivity index (χ2n) is 10.7. The first-order chi connectivity index (χ1) is 19.4. The van der Waals surface area contributed by atoms with Crippen LogP contribution >= 0.6 is 11.6 Å². The predicted molar refractivity (Wildman–Crippen MR) is 151 cm³/mol. The summed E-state index contributed by atoms with van der Waals surface area (Å²) < 4.78 is 10.8. The van der Waals surface area contributed by atoms with Gasteiger partial charge in [0.15, 0.2) is 0 Å². The maximum absolute atomic E-state index is 13.7. The van der Waals surface area contributed by atoms with Gasteiger partial charge in [0.1, 0.15) is 11.3 Å². The van der Waals surface area contributed by atoms with Crippen molar-refractivity contribution in [3.8, 4) is 17.0 Å². The number of benzene rings is 2. The SMILES string of the molecule is COc1cccc(C(C)NC(=O)C2(N3Cc4ccc(-c5nc(NC6CCOCC6)ncc5Cl)cc4C3=O)CC2)c1. The molecule has 0 bridgehead atoms. The molecule has 0 spiro atoms. The maximum atomic E-state index is 13.7. The minimum absolute atomic E-state index is 0.133. The van der Waals surface area contributed by atoms with Gasteiger partial charge in [-0.25, -0.2) is 9.97 Å². The lowest BCUT2D eigenvalue weighted by molar-refractivity contribution is -0.127. The molecule has 1 unspecified atom stereocenters. The topological polar surface area (TPSA) is 106 Å². The molecule has 10 heteroatoms. The van der Waals surface area contributed by atoms with E-state index in [1.165, 1.54) is 0 Å². The Morgan fingerprint density at radius 3 is 2.75 bits per heavy atom. The summed E-state index contributed by atoms with van der Waals surface area (Å²) in [5.41, 5.74) is 2.86. The number of halogens is 1. The molecule has 9 nitrogen and oxygen atoms in total. The van der Waals surface area contributed by atoms with E-state index in [1.54, 1.807) is 18.2 Å². The number of ether oxygens (including phenoxy) is 2. The Morgan fingerprint density at radius 2 is 2.00 bits per heavy atom. The van der Waals surface area contributed by atoms with E-state index in [-0.39, 0.29) is 23.9 Å². The van der Waals surface area contributed by atoms with E-state index in [0.29, 0.717) is 54.8 Å². The molecule has 2 fully saturated rings. The summed E-state index contributed by atoms with van der Waals surface area (Å²) in [6, 6.07) is 13.3. The molecule has 2 aromatic carbocycles. The first-order valence-corrected chi connectivity index (χ1v) is 14.0. The van der Waals surface area contributed by atoms with Gasteiger partial charge in [0.05, 0.1) is 30.1 Å². The van der Waals surface area contributed by atoms with Gasteiger partial charge in [-0.2, -0.15) is 0 Å². The lowest BCUT2D eigenvalue weighted by Crippen LogP contribution is -2.49. The molecule has 2 N–H and O–H groups in total. The normalized spacial score (nSPS) is 18.7. The van der Waals surface area contributed by atoms with Crippen molar-refractivity contribution in [3.63, 3.8) is 0 Å². The summed E-state index contributed by atoms with van der Waals surface area (Å²) in [6.45, 7) is 3.75. The molecule has 1 saturated carbocycles. The number of carbonyl (C=O) groups excluding carboxylic acids is 2. The highest BCUT2D eigenvalue weighted by atomic mass is 35.5. The standard InChI is InChI=1S/C30H32ClN5O4/c1-18(19-4-3-5-23(14-19)39-2)33-28(38)30(10-11-30)36-17-21-7-6-20(15-24(21)27(36)37)26-25(31)16-32-29(35-26)34-22-8-12-40-13-9-22/h3-7,14-16,18,22H,8-13,17H2,1-2H3,(H,33,38)(H,32,34,35). The Balaban J connectivity index is 1.19. The van der Waals surface area contributed by atoms with Gasteiger partial charge in [-0.15, -0.1) is 0 Å². The first-order valence-electron chi connectivity index (χ1n) is 13.6. The molecule has 3 heterocycles. The number of carbonyl (C=O) groups is 2. The molecule has 6 rings (SSSR count). The zero-order valence-electron chi connectivity index (χ0n) is 22.6. The number of aromatic nitrogens is 2. The van der Waals surface area contributed by atoms with E-state index in [0.717, 1.165) is 35.3 Å². The fraction of sp³-hybridized carbons (Fsp3) is 0.400.